The van der Waals surface area contributed by atoms with Gasteiger partial charge in [-0.05, 0) is 199 Å². The van der Waals surface area contributed by atoms with Crippen LogP contribution >= 0.6 is 11.6 Å². The highest BCUT2D eigenvalue weighted by Crippen LogP contribution is 2.42. The Morgan fingerprint density at radius 1 is 0.560 bits per heavy atom. The van der Waals surface area contributed by atoms with E-state index in [4.69, 9.17) is 15.8 Å². The number of alkyl halides is 3. The van der Waals surface area contributed by atoms with E-state index >= 15 is 0 Å². The largest absolute Gasteiger partial charge is 0.507 e. The predicted octanol–water partition coefficient (Wildman–Crippen LogP) is 12.0. The molecule has 0 aliphatic carbocycles. The van der Waals surface area contributed by atoms with Crippen LogP contribution in [0.3, 0.4) is 0 Å². The number of benzene rings is 4. The van der Waals surface area contributed by atoms with Gasteiger partial charge in [-0.25, -0.2) is 8.78 Å². The van der Waals surface area contributed by atoms with Gasteiger partial charge in [0.05, 0.1) is 11.8 Å². The SMILES string of the molecule is CCN1CCC(c2cccc(C(F)(F)F)c2O)CC1.CCN1CCC(c2cccc(CC=O)c2Cl)CC1.CCN1CCC(c2cccc(CC=O)c2F)CC1.CCN1CCC(c2cccc(OS(C)(=O)=O)c2F)CC1. The molecule has 4 saturated heterocycles. The average Bonchev–Trinajstić information content (AvgIpc) is 3.41. The highest BCUT2D eigenvalue weighted by molar-refractivity contribution is 7.86. The molecule has 4 heterocycles. The van der Waals surface area contributed by atoms with E-state index in [1.165, 1.54) is 17.7 Å². The third kappa shape index (κ3) is 18.1. The van der Waals surface area contributed by atoms with Crippen molar-refractivity contribution in [2.45, 2.75) is 122 Å². The molecule has 0 radical (unpaired) electrons. The van der Waals surface area contributed by atoms with E-state index in [0.717, 1.165) is 171 Å². The van der Waals surface area contributed by atoms with E-state index < -0.39 is 33.4 Å². The van der Waals surface area contributed by atoms with Crippen LogP contribution < -0.4 is 4.18 Å². The summed E-state index contributed by atoms with van der Waals surface area (Å²) in [6.45, 7) is 20.7. The first-order valence-electron chi connectivity index (χ1n) is 26.7. The zero-order valence-corrected chi connectivity index (χ0v) is 46.0. The highest BCUT2D eigenvalue weighted by atomic mass is 35.5. The normalized spacial score (nSPS) is 18.2. The van der Waals surface area contributed by atoms with Gasteiger partial charge in [0.25, 0.3) is 0 Å². The average molecular weight is 1090 g/mol. The lowest BCUT2D eigenvalue weighted by Gasteiger charge is -2.31. The van der Waals surface area contributed by atoms with Crippen molar-refractivity contribution in [3.05, 3.63) is 128 Å². The zero-order valence-electron chi connectivity index (χ0n) is 44.4. The van der Waals surface area contributed by atoms with Crippen molar-refractivity contribution in [2.75, 3.05) is 84.8 Å². The fraction of sp³-hybridized carbons (Fsp3) is 0.552. The summed E-state index contributed by atoms with van der Waals surface area (Å²) in [4.78, 5) is 30.6. The minimum atomic E-state index is -4.50. The van der Waals surface area contributed by atoms with Gasteiger partial charge in [0.2, 0.25) is 0 Å². The second-order valence-corrected chi connectivity index (χ2v) is 21.9. The molecule has 75 heavy (non-hydrogen) atoms. The quantitative estimate of drug-likeness (QED) is 0.0744. The molecule has 10 nitrogen and oxygen atoms in total. The lowest BCUT2D eigenvalue weighted by molar-refractivity contribution is -0.138. The molecule has 0 bridgehead atoms. The monoisotopic (exact) mass is 1090 g/mol. The van der Waals surface area contributed by atoms with Crippen LogP contribution in [0, 0.1) is 11.6 Å². The topological polar surface area (TPSA) is 111 Å². The molecule has 0 saturated carbocycles. The Kier molecular flexibility index (Phi) is 24.5. The van der Waals surface area contributed by atoms with Crippen molar-refractivity contribution >= 4 is 34.3 Å². The number of piperidine rings is 4. The molecule has 4 aliphatic heterocycles. The van der Waals surface area contributed by atoms with Crippen molar-refractivity contribution < 1.29 is 49.2 Å². The van der Waals surface area contributed by atoms with Crippen molar-refractivity contribution in [3.63, 3.8) is 0 Å². The van der Waals surface area contributed by atoms with E-state index in [1.807, 2.05) is 24.3 Å². The Hall–Kier alpha value is -4.45. The number of hydrogen-bond acceptors (Lipinski definition) is 10. The van der Waals surface area contributed by atoms with Crippen LogP contribution in [0.2, 0.25) is 5.02 Å². The number of aldehydes is 2. The molecule has 17 heteroatoms. The molecule has 0 aromatic heterocycles. The van der Waals surface area contributed by atoms with Gasteiger partial charge in [-0.15, -0.1) is 0 Å². The first kappa shape index (κ1) is 61.4. The van der Waals surface area contributed by atoms with Crippen molar-refractivity contribution in [1.82, 2.24) is 19.6 Å². The molecular formula is C58H78ClF5N4O6S. The van der Waals surface area contributed by atoms with Crippen LogP contribution in [0.15, 0.2) is 72.8 Å². The van der Waals surface area contributed by atoms with Crippen LogP contribution in [-0.4, -0.2) is 130 Å². The Balaban J connectivity index is 0.000000185. The third-order valence-corrected chi connectivity index (χ3v) is 16.3. The lowest BCUT2D eigenvalue weighted by Crippen LogP contribution is -2.32. The zero-order chi connectivity index (χ0) is 54.7. The molecule has 8 rings (SSSR count). The minimum absolute atomic E-state index is 0.0186. The van der Waals surface area contributed by atoms with Gasteiger partial charge in [0.1, 0.15) is 24.1 Å². The molecule has 0 unspecified atom stereocenters. The summed E-state index contributed by atoms with van der Waals surface area (Å²) in [5, 5.41) is 10.7. The first-order chi connectivity index (χ1) is 35.8. The van der Waals surface area contributed by atoms with Crippen LogP contribution in [0.5, 0.6) is 11.5 Å². The minimum Gasteiger partial charge on any atom is -0.507 e. The van der Waals surface area contributed by atoms with E-state index in [9.17, 15) is 45.1 Å². The number of para-hydroxylation sites is 1. The number of hydrogen-bond donors (Lipinski definition) is 1. The third-order valence-electron chi connectivity index (χ3n) is 15.3. The molecule has 414 valence electrons. The smallest absolute Gasteiger partial charge is 0.419 e. The Bertz CT molecular complexity index is 2440. The second-order valence-electron chi connectivity index (χ2n) is 19.9. The summed E-state index contributed by atoms with van der Waals surface area (Å²) in [7, 11) is -3.71. The van der Waals surface area contributed by atoms with E-state index in [1.54, 1.807) is 24.3 Å². The summed E-state index contributed by atoms with van der Waals surface area (Å²) in [5.41, 5.74) is 3.58. The molecule has 0 spiro atoms. The van der Waals surface area contributed by atoms with Crippen molar-refractivity contribution in [3.8, 4) is 11.5 Å². The lowest BCUT2D eigenvalue weighted by atomic mass is 9.87. The van der Waals surface area contributed by atoms with Gasteiger partial charge in [-0.1, -0.05) is 100.0 Å². The molecule has 0 atom stereocenters. The number of aromatic hydroxyl groups is 1. The first-order valence-corrected chi connectivity index (χ1v) is 28.9. The van der Waals surface area contributed by atoms with Crippen LogP contribution in [0.4, 0.5) is 22.0 Å². The van der Waals surface area contributed by atoms with Gasteiger partial charge in [-0.2, -0.15) is 21.6 Å². The number of phenolic OH excluding ortho intramolecular Hbond substituents is 1. The van der Waals surface area contributed by atoms with Crippen molar-refractivity contribution in [1.29, 1.82) is 0 Å². The molecule has 4 aromatic carbocycles. The fourth-order valence-electron chi connectivity index (χ4n) is 10.8. The number of phenols is 1. The van der Waals surface area contributed by atoms with E-state index in [-0.39, 0.29) is 29.8 Å². The van der Waals surface area contributed by atoms with E-state index in [0.29, 0.717) is 34.9 Å². The number of halogens is 6. The van der Waals surface area contributed by atoms with Crippen LogP contribution in [-0.2, 0) is 38.7 Å². The van der Waals surface area contributed by atoms with Gasteiger partial charge in [0, 0.05) is 17.9 Å². The Morgan fingerprint density at radius 3 is 1.32 bits per heavy atom. The Labute approximate surface area is 447 Å². The number of likely N-dealkylation sites (tertiary alicyclic amines) is 4. The molecule has 4 aromatic rings. The summed E-state index contributed by atoms with van der Waals surface area (Å²) in [5.74, 6) is -0.516. The maximum atomic E-state index is 14.4. The summed E-state index contributed by atoms with van der Waals surface area (Å²) in [6.07, 6.45) is 6.40. The van der Waals surface area contributed by atoms with E-state index in [2.05, 4.69) is 53.4 Å². The van der Waals surface area contributed by atoms with Crippen LogP contribution in [0.1, 0.15) is 142 Å². The number of rotatable bonds is 14. The van der Waals surface area contributed by atoms with Gasteiger partial charge < -0.3 is 38.5 Å². The fourth-order valence-corrected chi connectivity index (χ4v) is 11.6. The highest BCUT2D eigenvalue weighted by Gasteiger charge is 2.36. The maximum Gasteiger partial charge on any atom is 0.419 e. The second kappa shape index (κ2) is 29.9. The number of carbonyl (C=O) groups excluding carboxylic acids is 2. The van der Waals surface area contributed by atoms with Gasteiger partial charge >= 0.3 is 16.3 Å². The molecule has 1 N–H and O–H groups in total. The summed E-state index contributed by atoms with van der Waals surface area (Å²) >= 11 is 6.42. The predicted molar refractivity (Wildman–Crippen MR) is 289 cm³/mol. The Morgan fingerprint density at radius 2 is 0.907 bits per heavy atom. The molecule has 4 aliphatic rings. The standard InChI is InChI=1S/C15H20ClNO.C15H20FNO.C14H18F3NO.C14H20FNO3S/c2*1-2-17-9-6-12(7-10-17)14-5-3-4-13(8-11-18)15(14)16;1-2-18-8-6-10(7-9-18)11-4-3-5-12(13(11)19)14(15,16)17;1-3-16-9-7-11(8-10-16)12-5-4-6-13(14(12)15)19-20(2,17)18/h2*3-5,11-12H,2,6-10H2,1H3;3-5,10,19H,2,6-9H2,1H3;4-6,11H,3,7-10H2,1-2H3. The van der Waals surface area contributed by atoms with Gasteiger partial charge in [0.15, 0.2) is 11.6 Å². The summed E-state index contributed by atoms with van der Waals surface area (Å²) in [6, 6.07) is 20.1. The maximum absolute atomic E-state index is 14.4. The van der Waals surface area contributed by atoms with Gasteiger partial charge in [-0.3, -0.25) is 0 Å². The number of nitrogens with zero attached hydrogens (tertiary/aromatic N) is 4. The van der Waals surface area contributed by atoms with Crippen LogP contribution in [0.25, 0.3) is 0 Å². The number of carbonyl (C=O) groups is 2. The molecule has 4 fully saturated rings. The molecular weight excluding hydrogens is 1010 g/mol. The van der Waals surface area contributed by atoms with Crippen molar-refractivity contribution in [2.24, 2.45) is 0 Å². The summed E-state index contributed by atoms with van der Waals surface area (Å²) < 4.78 is 93.8. The molecule has 0 amide bonds.